The van der Waals surface area contributed by atoms with E-state index in [0.717, 1.165) is 63.6 Å². The van der Waals surface area contributed by atoms with Crippen LogP contribution in [0.4, 0.5) is 0 Å². The summed E-state index contributed by atoms with van der Waals surface area (Å²) in [6.07, 6.45) is 8.55. The number of aromatic nitrogens is 2. The molecule has 1 spiro atoms. The van der Waals surface area contributed by atoms with E-state index in [1.54, 1.807) is 0 Å². The number of halogens is 1. The molecule has 1 aromatic carbocycles. The number of benzene rings is 1. The molecule has 3 aliphatic heterocycles. The SMILES string of the molecule is CC1OC2(CCN(Cc3cnn(C4CCOCC4)c3)CC2)c2cc(Cl)ccc21. The largest absolute Gasteiger partial charge is 0.381 e. The Kier molecular flexibility index (Phi) is 4.95. The zero-order chi connectivity index (χ0) is 19.1. The molecule has 3 aliphatic rings. The average Bonchev–Trinajstić information content (AvgIpc) is 3.28. The van der Waals surface area contributed by atoms with Gasteiger partial charge in [0.1, 0.15) is 0 Å². The number of hydrogen-bond acceptors (Lipinski definition) is 4. The van der Waals surface area contributed by atoms with E-state index >= 15 is 0 Å². The van der Waals surface area contributed by atoms with E-state index in [1.165, 1.54) is 16.7 Å². The summed E-state index contributed by atoms with van der Waals surface area (Å²) in [7, 11) is 0. The lowest BCUT2D eigenvalue weighted by Crippen LogP contribution is -2.42. The van der Waals surface area contributed by atoms with Crippen molar-refractivity contribution in [2.24, 2.45) is 0 Å². The summed E-state index contributed by atoms with van der Waals surface area (Å²) in [6, 6.07) is 6.72. The summed E-state index contributed by atoms with van der Waals surface area (Å²) in [5.41, 5.74) is 3.74. The maximum absolute atomic E-state index is 6.48. The van der Waals surface area contributed by atoms with E-state index in [-0.39, 0.29) is 11.7 Å². The molecule has 0 radical (unpaired) electrons. The van der Waals surface area contributed by atoms with Crippen molar-refractivity contribution in [3.8, 4) is 0 Å². The van der Waals surface area contributed by atoms with Crippen molar-refractivity contribution in [1.82, 2.24) is 14.7 Å². The summed E-state index contributed by atoms with van der Waals surface area (Å²) in [5, 5.41) is 5.43. The summed E-state index contributed by atoms with van der Waals surface area (Å²) >= 11 is 6.29. The fraction of sp³-hybridized carbons (Fsp3) is 0.591. The van der Waals surface area contributed by atoms with Gasteiger partial charge in [-0.2, -0.15) is 5.10 Å². The van der Waals surface area contributed by atoms with Gasteiger partial charge >= 0.3 is 0 Å². The quantitative estimate of drug-likeness (QED) is 0.760. The first kappa shape index (κ1) is 18.6. The van der Waals surface area contributed by atoms with Gasteiger partial charge in [0.15, 0.2) is 0 Å². The number of likely N-dealkylation sites (tertiary alicyclic amines) is 1. The second-order valence-electron chi connectivity index (χ2n) is 8.43. The van der Waals surface area contributed by atoms with Crippen molar-refractivity contribution < 1.29 is 9.47 Å². The first-order valence-electron chi connectivity index (χ1n) is 10.4. The molecule has 5 rings (SSSR count). The molecule has 0 saturated carbocycles. The molecule has 1 unspecified atom stereocenters. The van der Waals surface area contributed by atoms with Crippen LogP contribution in [-0.4, -0.2) is 41.0 Å². The fourth-order valence-corrected chi connectivity index (χ4v) is 5.24. The molecule has 0 N–H and O–H groups in total. The standard InChI is InChI=1S/C22H28ClN3O2/c1-16-20-3-2-18(23)12-21(20)22(28-16)6-8-25(9-7-22)14-17-13-24-26(15-17)19-4-10-27-11-5-19/h2-3,12-13,15-16,19H,4-11,14H2,1H3. The Morgan fingerprint density at radius 2 is 2.00 bits per heavy atom. The van der Waals surface area contributed by atoms with Crippen LogP contribution < -0.4 is 0 Å². The third kappa shape index (κ3) is 3.39. The van der Waals surface area contributed by atoms with E-state index < -0.39 is 0 Å². The minimum absolute atomic E-state index is 0.150. The number of hydrogen-bond donors (Lipinski definition) is 0. The van der Waals surface area contributed by atoms with Gasteiger partial charge in [-0.05, 0) is 55.9 Å². The van der Waals surface area contributed by atoms with Crippen LogP contribution in [0.15, 0.2) is 30.6 Å². The van der Waals surface area contributed by atoms with Gasteiger partial charge < -0.3 is 9.47 Å². The van der Waals surface area contributed by atoms with E-state index in [1.807, 2.05) is 12.3 Å². The van der Waals surface area contributed by atoms with Crippen molar-refractivity contribution in [2.45, 2.75) is 56.9 Å². The first-order valence-corrected chi connectivity index (χ1v) is 10.8. The van der Waals surface area contributed by atoms with E-state index in [0.29, 0.717) is 6.04 Å². The van der Waals surface area contributed by atoms with E-state index in [9.17, 15) is 0 Å². The van der Waals surface area contributed by atoms with Gasteiger partial charge in [0.2, 0.25) is 0 Å². The van der Waals surface area contributed by atoms with E-state index in [4.69, 9.17) is 21.1 Å². The number of ether oxygens (including phenoxy) is 2. The molecule has 2 saturated heterocycles. The number of nitrogens with zero attached hydrogens (tertiary/aromatic N) is 3. The lowest BCUT2D eigenvalue weighted by Gasteiger charge is -2.39. The number of rotatable bonds is 3. The highest BCUT2D eigenvalue weighted by atomic mass is 35.5. The van der Waals surface area contributed by atoms with Crippen LogP contribution in [0.3, 0.4) is 0 Å². The Morgan fingerprint density at radius 3 is 2.79 bits per heavy atom. The summed E-state index contributed by atoms with van der Waals surface area (Å²) in [6.45, 7) is 6.86. The van der Waals surface area contributed by atoms with Crippen molar-refractivity contribution >= 4 is 11.6 Å². The average molecular weight is 402 g/mol. The van der Waals surface area contributed by atoms with Crippen molar-refractivity contribution in [3.63, 3.8) is 0 Å². The molecule has 0 aliphatic carbocycles. The highest BCUT2D eigenvalue weighted by molar-refractivity contribution is 6.30. The van der Waals surface area contributed by atoms with Gasteiger partial charge in [0, 0.05) is 49.6 Å². The molecule has 5 nitrogen and oxygen atoms in total. The van der Waals surface area contributed by atoms with Gasteiger partial charge in [-0.15, -0.1) is 0 Å². The maximum atomic E-state index is 6.48. The number of piperidine rings is 1. The third-order valence-corrected chi connectivity index (χ3v) is 6.87. The maximum Gasteiger partial charge on any atom is 0.0968 e. The number of fused-ring (bicyclic) bond motifs is 2. The Bertz CT molecular complexity index is 838. The molecular weight excluding hydrogens is 374 g/mol. The minimum atomic E-state index is -0.164. The highest BCUT2D eigenvalue weighted by Gasteiger charge is 2.45. The molecule has 150 valence electrons. The summed E-state index contributed by atoms with van der Waals surface area (Å²) in [4.78, 5) is 2.52. The van der Waals surface area contributed by atoms with Crippen LogP contribution in [0, 0.1) is 0 Å². The summed E-state index contributed by atoms with van der Waals surface area (Å²) < 4.78 is 14.1. The van der Waals surface area contributed by atoms with Crippen LogP contribution in [0.1, 0.15) is 61.4 Å². The van der Waals surface area contributed by atoms with Crippen molar-refractivity contribution in [1.29, 1.82) is 0 Å². The van der Waals surface area contributed by atoms with Gasteiger partial charge in [-0.25, -0.2) is 0 Å². The van der Waals surface area contributed by atoms with Crippen LogP contribution in [0.5, 0.6) is 0 Å². The topological polar surface area (TPSA) is 39.5 Å². The van der Waals surface area contributed by atoms with Gasteiger partial charge in [-0.3, -0.25) is 9.58 Å². The smallest absolute Gasteiger partial charge is 0.0968 e. The van der Waals surface area contributed by atoms with Crippen molar-refractivity contribution in [2.75, 3.05) is 26.3 Å². The molecule has 2 fully saturated rings. The molecule has 0 amide bonds. The molecule has 28 heavy (non-hydrogen) atoms. The second kappa shape index (κ2) is 7.45. The van der Waals surface area contributed by atoms with Gasteiger partial charge in [0.05, 0.1) is 23.9 Å². The Morgan fingerprint density at radius 1 is 1.21 bits per heavy atom. The predicted molar refractivity (Wildman–Crippen MR) is 108 cm³/mol. The fourth-order valence-electron chi connectivity index (χ4n) is 5.07. The Balaban J connectivity index is 1.24. The monoisotopic (exact) mass is 401 g/mol. The lowest BCUT2D eigenvalue weighted by molar-refractivity contribution is -0.104. The molecule has 1 aromatic heterocycles. The molecule has 2 aromatic rings. The van der Waals surface area contributed by atoms with E-state index in [2.05, 4.69) is 39.9 Å². The zero-order valence-corrected chi connectivity index (χ0v) is 17.2. The van der Waals surface area contributed by atoms with Gasteiger partial charge in [0.25, 0.3) is 0 Å². The van der Waals surface area contributed by atoms with Crippen LogP contribution in [0.2, 0.25) is 5.02 Å². The normalized spacial score (nSPS) is 25.3. The molecule has 4 heterocycles. The molecule has 6 heteroatoms. The van der Waals surface area contributed by atoms with Crippen LogP contribution in [0.25, 0.3) is 0 Å². The summed E-state index contributed by atoms with van der Waals surface area (Å²) in [5.74, 6) is 0. The first-order chi connectivity index (χ1) is 13.6. The predicted octanol–water partition coefficient (Wildman–Crippen LogP) is 4.47. The molecular formula is C22H28ClN3O2. The Hall–Kier alpha value is -1.40. The van der Waals surface area contributed by atoms with Crippen molar-refractivity contribution in [3.05, 3.63) is 52.3 Å². The third-order valence-electron chi connectivity index (χ3n) is 6.64. The zero-order valence-electron chi connectivity index (χ0n) is 16.4. The highest BCUT2D eigenvalue weighted by Crippen LogP contribution is 2.49. The molecule has 0 bridgehead atoms. The molecule has 1 atom stereocenters. The minimum Gasteiger partial charge on any atom is -0.381 e. The van der Waals surface area contributed by atoms with Crippen LogP contribution >= 0.6 is 11.6 Å². The van der Waals surface area contributed by atoms with Gasteiger partial charge in [-0.1, -0.05) is 17.7 Å². The van der Waals surface area contributed by atoms with Crippen LogP contribution in [-0.2, 0) is 21.6 Å². The lowest BCUT2D eigenvalue weighted by atomic mass is 9.83. The second-order valence-corrected chi connectivity index (χ2v) is 8.87. The Labute approximate surface area is 171 Å².